The number of hydrogen-bond donors (Lipinski definition) is 1. The van der Waals surface area contributed by atoms with E-state index >= 15 is 0 Å². The Labute approximate surface area is 110 Å². The first-order valence-electron chi connectivity index (χ1n) is 5.25. The van der Waals surface area contributed by atoms with Crippen molar-refractivity contribution in [3.63, 3.8) is 0 Å². The van der Waals surface area contributed by atoms with E-state index in [1.165, 1.54) is 0 Å². The predicted molar refractivity (Wildman–Crippen MR) is 69.6 cm³/mol. The molecule has 0 aliphatic heterocycles. The molecule has 0 aliphatic carbocycles. The molecule has 90 valence electrons. The van der Waals surface area contributed by atoms with Crippen molar-refractivity contribution in [3.8, 4) is 11.3 Å². The summed E-state index contributed by atoms with van der Waals surface area (Å²) in [5.74, 6) is 1.33. The first kappa shape index (κ1) is 12.4. The van der Waals surface area contributed by atoms with Gasteiger partial charge in [0.15, 0.2) is 11.7 Å². The number of oxazole rings is 1. The molecule has 0 aliphatic rings. The Morgan fingerprint density at radius 1 is 1.35 bits per heavy atom. The third-order valence-corrected chi connectivity index (χ3v) is 2.90. The van der Waals surface area contributed by atoms with E-state index in [4.69, 9.17) is 27.6 Å². The van der Waals surface area contributed by atoms with Crippen LogP contribution in [0.2, 0.25) is 10.0 Å². The van der Waals surface area contributed by atoms with Crippen molar-refractivity contribution in [3.05, 3.63) is 40.3 Å². The van der Waals surface area contributed by atoms with Gasteiger partial charge in [0.2, 0.25) is 0 Å². The molecule has 0 amide bonds. The van der Waals surface area contributed by atoms with Crippen LogP contribution in [0.15, 0.2) is 28.8 Å². The fourth-order valence-corrected chi connectivity index (χ4v) is 1.85. The lowest BCUT2D eigenvalue weighted by Gasteiger charge is -2.00. The van der Waals surface area contributed by atoms with E-state index in [9.17, 15) is 0 Å². The van der Waals surface area contributed by atoms with Crippen molar-refractivity contribution in [1.29, 1.82) is 0 Å². The number of rotatable bonds is 4. The molecule has 0 atom stereocenters. The Morgan fingerprint density at radius 2 is 2.18 bits per heavy atom. The quantitative estimate of drug-likeness (QED) is 0.926. The summed E-state index contributed by atoms with van der Waals surface area (Å²) in [4.78, 5) is 4.19. The number of aromatic nitrogens is 1. The highest BCUT2D eigenvalue weighted by molar-refractivity contribution is 6.35. The smallest absolute Gasteiger partial charge is 0.196 e. The second kappa shape index (κ2) is 5.54. The van der Waals surface area contributed by atoms with Crippen LogP contribution in [0.5, 0.6) is 0 Å². The SMILES string of the molecule is CNCCc1ncc(-c2cc(Cl)ccc2Cl)o1. The van der Waals surface area contributed by atoms with Gasteiger partial charge < -0.3 is 9.73 Å². The molecule has 3 nitrogen and oxygen atoms in total. The van der Waals surface area contributed by atoms with Gasteiger partial charge in [-0.2, -0.15) is 0 Å². The average molecular weight is 271 g/mol. The van der Waals surface area contributed by atoms with Crippen LogP contribution in [0.25, 0.3) is 11.3 Å². The molecule has 5 heteroatoms. The highest BCUT2D eigenvalue weighted by atomic mass is 35.5. The van der Waals surface area contributed by atoms with Gasteiger partial charge in [-0.3, -0.25) is 0 Å². The molecule has 2 rings (SSSR count). The fourth-order valence-electron chi connectivity index (χ4n) is 1.47. The monoisotopic (exact) mass is 270 g/mol. The molecule has 1 heterocycles. The van der Waals surface area contributed by atoms with Crippen molar-refractivity contribution < 1.29 is 4.42 Å². The Balaban J connectivity index is 2.27. The van der Waals surface area contributed by atoms with E-state index in [2.05, 4.69) is 10.3 Å². The third-order valence-electron chi connectivity index (χ3n) is 2.34. The van der Waals surface area contributed by atoms with Crippen molar-refractivity contribution in [1.82, 2.24) is 10.3 Å². The molecule has 0 bridgehead atoms. The van der Waals surface area contributed by atoms with Gasteiger partial charge in [0, 0.05) is 23.6 Å². The van der Waals surface area contributed by atoms with Crippen molar-refractivity contribution in [2.75, 3.05) is 13.6 Å². The molecule has 0 spiro atoms. The van der Waals surface area contributed by atoms with Gasteiger partial charge in [0.25, 0.3) is 0 Å². The van der Waals surface area contributed by atoms with Gasteiger partial charge in [-0.15, -0.1) is 0 Å². The minimum atomic E-state index is 0.603. The highest BCUT2D eigenvalue weighted by Crippen LogP contribution is 2.30. The van der Waals surface area contributed by atoms with Crippen molar-refractivity contribution in [2.24, 2.45) is 0 Å². The molecule has 1 aromatic heterocycles. The minimum Gasteiger partial charge on any atom is -0.441 e. The van der Waals surface area contributed by atoms with Crippen LogP contribution < -0.4 is 5.32 Å². The van der Waals surface area contributed by atoms with Crippen LogP contribution in [-0.4, -0.2) is 18.6 Å². The molecule has 1 N–H and O–H groups in total. The summed E-state index contributed by atoms with van der Waals surface area (Å²) >= 11 is 12.0. The summed E-state index contributed by atoms with van der Waals surface area (Å²) in [6.45, 7) is 0.823. The standard InChI is InChI=1S/C12H12Cl2N2O/c1-15-5-4-12-16-7-11(17-12)9-6-8(13)2-3-10(9)14/h2-3,6-7,15H,4-5H2,1H3. The second-order valence-corrected chi connectivity index (χ2v) is 4.44. The minimum absolute atomic E-state index is 0.603. The summed E-state index contributed by atoms with van der Waals surface area (Å²) in [5.41, 5.74) is 0.766. The Morgan fingerprint density at radius 3 is 2.94 bits per heavy atom. The van der Waals surface area contributed by atoms with Gasteiger partial charge in [0.05, 0.1) is 11.2 Å². The molecule has 0 saturated heterocycles. The summed E-state index contributed by atoms with van der Waals surface area (Å²) in [7, 11) is 1.89. The lowest BCUT2D eigenvalue weighted by Crippen LogP contribution is -2.10. The molecular weight excluding hydrogens is 259 g/mol. The number of hydrogen-bond acceptors (Lipinski definition) is 3. The lowest BCUT2D eigenvalue weighted by molar-refractivity contribution is 0.501. The third kappa shape index (κ3) is 3.00. The Hall–Kier alpha value is -1.03. The van der Waals surface area contributed by atoms with Crippen molar-refractivity contribution in [2.45, 2.75) is 6.42 Å². The van der Waals surface area contributed by atoms with E-state index in [1.807, 2.05) is 7.05 Å². The maximum Gasteiger partial charge on any atom is 0.196 e. The van der Waals surface area contributed by atoms with Crippen molar-refractivity contribution >= 4 is 23.2 Å². The predicted octanol–water partition coefficient (Wildman–Crippen LogP) is 3.41. The van der Waals surface area contributed by atoms with Gasteiger partial charge in [-0.05, 0) is 25.2 Å². The summed E-state index contributed by atoms with van der Waals surface area (Å²) in [6, 6.07) is 5.26. The normalized spacial score (nSPS) is 10.8. The molecule has 2 aromatic rings. The van der Waals surface area contributed by atoms with Crippen LogP contribution in [0.3, 0.4) is 0 Å². The highest BCUT2D eigenvalue weighted by Gasteiger charge is 2.10. The zero-order valence-electron chi connectivity index (χ0n) is 9.34. The molecule has 0 saturated carbocycles. The van der Waals surface area contributed by atoms with Gasteiger partial charge in [-0.1, -0.05) is 23.2 Å². The Bertz CT molecular complexity index is 511. The molecule has 1 aromatic carbocycles. The maximum atomic E-state index is 6.09. The molecule has 0 fully saturated rings. The number of nitrogens with one attached hydrogen (secondary N) is 1. The van der Waals surface area contributed by atoms with E-state index in [0.717, 1.165) is 18.5 Å². The van der Waals surface area contributed by atoms with Gasteiger partial charge >= 0.3 is 0 Å². The van der Waals surface area contributed by atoms with Crippen LogP contribution in [-0.2, 0) is 6.42 Å². The van der Waals surface area contributed by atoms with E-state index < -0.39 is 0 Å². The topological polar surface area (TPSA) is 38.1 Å². The first-order chi connectivity index (χ1) is 8.20. The fraction of sp³-hybridized carbons (Fsp3) is 0.250. The largest absolute Gasteiger partial charge is 0.441 e. The van der Waals surface area contributed by atoms with E-state index in [-0.39, 0.29) is 0 Å². The summed E-state index contributed by atoms with van der Waals surface area (Å²) in [6.07, 6.45) is 2.41. The van der Waals surface area contributed by atoms with E-state index in [1.54, 1.807) is 24.4 Å². The zero-order chi connectivity index (χ0) is 12.3. The number of likely N-dealkylation sites (N-methyl/N-ethyl adjacent to an activating group) is 1. The molecular formula is C12H12Cl2N2O. The molecule has 0 radical (unpaired) electrons. The summed E-state index contributed by atoms with van der Waals surface area (Å²) < 4.78 is 5.61. The number of halogens is 2. The molecule has 0 unspecified atom stereocenters. The second-order valence-electron chi connectivity index (χ2n) is 3.60. The van der Waals surface area contributed by atoms with Gasteiger partial charge in [-0.25, -0.2) is 4.98 Å². The Kier molecular flexibility index (Phi) is 4.05. The van der Waals surface area contributed by atoms with Crippen LogP contribution >= 0.6 is 23.2 Å². The average Bonchev–Trinajstić information content (AvgIpc) is 2.78. The van der Waals surface area contributed by atoms with Crippen LogP contribution in [0.1, 0.15) is 5.89 Å². The van der Waals surface area contributed by atoms with Gasteiger partial charge in [0.1, 0.15) is 0 Å². The van der Waals surface area contributed by atoms with Crippen LogP contribution in [0, 0.1) is 0 Å². The lowest BCUT2D eigenvalue weighted by atomic mass is 10.2. The summed E-state index contributed by atoms with van der Waals surface area (Å²) in [5, 5.41) is 4.26. The maximum absolute atomic E-state index is 6.09. The molecule has 17 heavy (non-hydrogen) atoms. The zero-order valence-corrected chi connectivity index (χ0v) is 10.8. The van der Waals surface area contributed by atoms with E-state index in [0.29, 0.717) is 21.7 Å². The first-order valence-corrected chi connectivity index (χ1v) is 6.01. The number of nitrogens with zero attached hydrogens (tertiary/aromatic N) is 1. The van der Waals surface area contributed by atoms with Crippen LogP contribution in [0.4, 0.5) is 0 Å². The number of benzene rings is 1.